The molecule has 1 aromatic rings. The normalized spacial score (nSPS) is 19.8. The summed E-state index contributed by atoms with van der Waals surface area (Å²) in [6.45, 7) is 1.86. The fourth-order valence-electron chi connectivity index (χ4n) is 1.62. The fraction of sp³-hybridized carbons (Fsp3) is 0.273. The molecule has 0 aromatic heterocycles. The van der Waals surface area contributed by atoms with Gasteiger partial charge in [0.15, 0.2) is 0 Å². The quantitative estimate of drug-likeness (QED) is 0.768. The van der Waals surface area contributed by atoms with Gasteiger partial charge in [-0.1, -0.05) is 17.7 Å². The molecule has 1 heterocycles. The molecule has 1 aromatic carbocycles. The number of hydrogen-bond acceptors (Lipinski definition) is 3. The molecule has 0 spiro atoms. The Labute approximate surface area is 98.0 Å². The van der Waals surface area contributed by atoms with Gasteiger partial charge in [0.25, 0.3) is 0 Å². The van der Waals surface area contributed by atoms with Crippen LogP contribution in [0.2, 0.25) is 5.02 Å². The highest BCUT2D eigenvalue weighted by Gasteiger charge is 2.30. The van der Waals surface area contributed by atoms with Crippen LogP contribution in [0, 0.1) is 6.92 Å². The van der Waals surface area contributed by atoms with Crippen molar-refractivity contribution < 1.29 is 9.59 Å². The third-order valence-corrected chi connectivity index (χ3v) is 2.98. The van der Waals surface area contributed by atoms with Gasteiger partial charge in [0.1, 0.15) is 6.04 Å². The van der Waals surface area contributed by atoms with E-state index in [4.69, 9.17) is 11.6 Å². The molecule has 5 heteroatoms. The molecule has 1 aliphatic heterocycles. The van der Waals surface area contributed by atoms with Crippen molar-refractivity contribution in [3.05, 3.63) is 28.8 Å². The predicted octanol–water partition coefficient (Wildman–Crippen LogP) is 1.48. The van der Waals surface area contributed by atoms with Gasteiger partial charge in [0.05, 0.1) is 6.42 Å². The van der Waals surface area contributed by atoms with Gasteiger partial charge in [-0.05, 0) is 24.6 Å². The van der Waals surface area contributed by atoms with Crippen LogP contribution in [0.3, 0.4) is 0 Å². The molecule has 16 heavy (non-hydrogen) atoms. The Bertz CT molecular complexity index is 459. The number of imide groups is 1. The SMILES string of the molecule is Cc1c(Cl)cccc1NC1CC(=O)NC1=O. The first-order valence-electron chi connectivity index (χ1n) is 4.93. The van der Waals surface area contributed by atoms with E-state index in [1.54, 1.807) is 12.1 Å². The third-order valence-electron chi connectivity index (χ3n) is 2.57. The number of hydrogen-bond donors (Lipinski definition) is 2. The van der Waals surface area contributed by atoms with Crippen molar-refractivity contribution in [2.75, 3.05) is 5.32 Å². The summed E-state index contributed by atoms with van der Waals surface area (Å²) in [6, 6.07) is 4.91. The fourth-order valence-corrected chi connectivity index (χ4v) is 1.80. The number of halogens is 1. The summed E-state index contributed by atoms with van der Waals surface area (Å²) in [5.74, 6) is -0.536. The summed E-state index contributed by atoms with van der Waals surface area (Å²) in [5, 5.41) is 5.89. The summed E-state index contributed by atoms with van der Waals surface area (Å²) < 4.78 is 0. The lowest BCUT2D eigenvalue weighted by atomic mass is 10.1. The molecule has 0 saturated carbocycles. The molecule has 84 valence electrons. The first kappa shape index (κ1) is 11.0. The van der Waals surface area contributed by atoms with E-state index in [-0.39, 0.29) is 18.2 Å². The van der Waals surface area contributed by atoms with Crippen molar-refractivity contribution >= 4 is 29.1 Å². The molecule has 2 amide bonds. The lowest BCUT2D eigenvalue weighted by Crippen LogP contribution is -2.30. The minimum absolute atomic E-state index is 0.171. The Morgan fingerprint density at radius 2 is 2.19 bits per heavy atom. The maximum absolute atomic E-state index is 11.4. The molecular formula is C11H11ClN2O2. The van der Waals surface area contributed by atoms with Crippen LogP contribution >= 0.6 is 11.6 Å². The average Bonchev–Trinajstić information content (AvgIpc) is 2.53. The van der Waals surface area contributed by atoms with Crippen molar-refractivity contribution in [1.29, 1.82) is 0 Å². The van der Waals surface area contributed by atoms with E-state index in [1.165, 1.54) is 0 Å². The molecule has 0 radical (unpaired) electrons. The second kappa shape index (κ2) is 4.14. The van der Waals surface area contributed by atoms with E-state index < -0.39 is 6.04 Å². The van der Waals surface area contributed by atoms with Crippen molar-refractivity contribution in [2.45, 2.75) is 19.4 Å². The topological polar surface area (TPSA) is 58.2 Å². The zero-order valence-electron chi connectivity index (χ0n) is 8.71. The summed E-state index contributed by atoms with van der Waals surface area (Å²) >= 11 is 5.96. The van der Waals surface area contributed by atoms with Gasteiger partial charge in [-0.25, -0.2) is 0 Å². The van der Waals surface area contributed by atoms with Gasteiger partial charge in [0.2, 0.25) is 11.8 Å². The van der Waals surface area contributed by atoms with Crippen LogP contribution < -0.4 is 10.6 Å². The molecule has 1 fully saturated rings. The van der Waals surface area contributed by atoms with Gasteiger partial charge in [-0.3, -0.25) is 14.9 Å². The van der Waals surface area contributed by atoms with Crippen molar-refractivity contribution in [3.8, 4) is 0 Å². The first-order valence-corrected chi connectivity index (χ1v) is 5.31. The van der Waals surface area contributed by atoms with Crippen LogP contribution in [0.25, 0.3) is 0 Å². The lowest BCUT2D eigenvalue weighted by molar-refractivity contribution is -0.124. The zero-order valence-corrected chi connectivity index (χ0v) is 9.47. The second-order valence-electron chi connectivity index (χ2n) is 3.73. The molecule has 2 rings (SSSR count). The highest BCUT2D eigenvalue weighted by molar-refractivity contribution is 6.31. The van der Waals surface area contributed by atoms with E-state index in [0.717, 1.165) is 11.3 Å². The number of rotatable bonds is 2. The Morgan fingerprint density at radius 1 is 1.44 bits per heavy atom. The summed E-state index contributed by atoms with van der Waals surface area (Å²) in [5.41, 5.74) is 1.65. The standard InChI is InChI=1S/C11H11ClN2O2/c1-6-7(12)3-2-4-8(6)13-9-5-10(15)14-11(9)16/h2-4,9,13H,5H2,1H3,(H,14,15,16). The van der Waals surface area contributed by atoms with Crippen LogP contribution in [0.15, 0.2) is 18.2 Å². The van der Waals surface area contributed by atoms with E-state index in [9.17, 15) is 9.59 Å². The average molecular weight is 239 g/mol. The van der Waals surface area contributed by atoms with Crippen LogP contribution in [0.4, 0.5) is 5.69 Å². The Morgan fingerprint density at radius 3 is 2.81 bits per heavy atom. The van der Waals surface area contributed by atoms with E-state index in [2.05, 4.69) is 10.6 Å². The molecule has 2 N–H and O–H groups in total. The maximum atomic E-state index is 11.4. The molecule has 1 unspecified atom stereocenters. The molecule has 0 aliphatic carbocycles. The number of carbonyl (C=O) groups is 2. The Kier molecular flexibility index (Phi) is 2.83. The van der Waals surface area contributed by atoms with Crippen LogP contribution in [0.5, 0.6) is 0 Å². The molecule has 0 bridgehead atoms. The van der Waals surface area contributed by atoms with Crippen LogP contribution in [0.1, 0.15) is 12.0 Å². The third kappa shape index (κ3) is 2.02. The number of benzene rings is 1. The Balaban J connectivity index is 2.18. The maximum Gasteiger partial charge on any atom is 0.249 e. The summed E-state index contributed by atoms with van der Waals surface area (Å²) in [7, 11) is 0. The monoisotopic (exact) mass is 238 g/mol. The van der Waals surface area contributed by atoms with E-state index >= 15 is 0 Å². The Hall–Kier alpha value is -1.55. The largest absolute Gasteiger partial charge is 0.373 e. The minimum Gasteiger partial charge on any atom is -0.373 e. The molecule has 1 saturated heterocycles. The van der Waals surface area contributed by atoms with Crippen molar-refractivity contribution in [1.82, 2.24) is 5.32 Å². The van der Waals surface area contributed by atoms with Gasteiger partial charge < -0.3 is 5.32 Å². The highest BCUT2D eigenvalue weighted by atomic mass is 35.5. The molecule has 1 atom stereocenters. The van der Waals surface area contributed by atoms with Crippen LogP contribution in [-0.2, 0) is 9.59 Å². The molecule has 4 nitrogen and oxygen atoms in total. The first-order chi connectivity index (χ1) is 7.58. The minimum atomic E-state index is -0.496. The lowest BCUT2D eigenvalue weighted by Gasteiger charge is -2.13. The predicted molar refractivity (Wildman–Crippen MR) is 61.4 cm³/mol. The molecule has 1 aliphatic rings. The van der Waals surface area contributed by atoms with Crippen LogP contribution in [-0.4, -0.2) is 17.9 Å². The van der Waals surface area contributed by atoms with Gasteiger partial charge in [-0.15, -0.1) is 0 Å². The number of amides is 2. The summed E-state index contributed by atoms with van der Waals surface area (Å²) in [4.78, 5) is 22.4. The highest BCUT2D eigenvalue weighted by Crippen LogP contribution is 2.24. The van der Waals surface area contributed by atoms with Gasteiger partial charge in [-0.2, -0.15) is 0 Å². The van der Waals surface area contributed by atoms with Gasteiger partial charge >= 0.3 is 0 Å². The van der Waals surface area contributed by atoms with Crippen molar-refractivity contribution in [3.63, 3.8) is 0 Å². The zero-order chi connectivity index (χ0) is 11.7. The number of carbonyl (C=O) groups excluding carboxylic acids is 2. The smallest absolute Gasteiger partial charge is 0.249 e. The second-order valence-corrected chi connectivity index (χ2v) is 4.13. The number of nitrogens with one attached hydrogen (secondary N) is 2. The van der Waals surface area contributed by atoms with E-state index in [1.807, 2.05) is 13.0 Å². The van der Waals surface area contributed by atoms with Gasteiger partial charge in [0, 0.05) is 10.7 Å². The van der Waals surface area contributed by atoms with Crippen molar-refractivity contribution in [2.24, 2.45) is 0 Å². The number of anilines is 1. The van der Waals surface area contributed by atoms with E-state index in [0.29, 0.717) is 5.02 Å². The summed E-state index contributed by atoms with van der Waals surface area (Å²) in [6.07, 6.45) is 0.171. The molecular weight excluding hydrogens is 228 g/mol.